The maximum atomic E-state index is 13.8. The molecule has 0 unspecified atom stereocenters. The highest BCUT2D eigenvalue weighted by Gasteiger charge is 2.07. The molecule has 0 aliphatic carbocycles. The molecule has 3 heteroatoms. The van der Waals surface area contributed by atoms with E-state index in [0.717, 1.165) is 4.90 Å². The van der Waals surface area contributed by atoms with Crippen molar-refractivity contribution < 1.29 is 4.39 Å². The van der Waals surface area contributed by atoms with Crippen LogP contribution in [0.2, 0.25) is 0 Å². The van der Waals surface area contributed by atoms with Gasteiger partial charge in [-0.25, -0.2) is 4.39 Å². The molecular weight excluding hydrogens is 245 g/mol. The van der Waals surface area contributed by atoms with E-state index >= 15 is 0 Å². The molecule has 0 atom stereocenters. The summed E-state index contributed by atoms with van der Waals surface area (Å²) < 4.78 is 13.8. The van der Waals surface area contributed by atoms with E-state index in [0.29, 0.717) is 11.3 Å². The van der Waals surface area contributed by atoms with Gasteiger partial charge in [-0.3, -0.25) is 0 Å². The molecule has 2 aromatic carbocycles. The minimum atomic E-state index is -0.403. The minimum Gasteiger partial charge on any atom is -0.205 e. The van der Waals surface area contributed by atoms with E-state index in [1.807, 2.05) is 31.2 Å². The summed E-state index contributed by atoms with van der Waals surface area (Å²) in [6.07, 6.45) is 0. The Morgan fingerprint density at radius 3 is 2.72 bits per heavy atom. The average Bonchev–Trinajstić information content (AvgIpc) is 2.38. The quantitative estimate of drug-likeness (QED) is 0.765. The van der Waals surface area contributed by atoms with Crippen LogP contribution in [0, 0.1) is 24.1 Å². The largest absolute Gasteiger partial charge is 0.205 e. The molecule has 1 nitrogen and oxygen atoms in total. The second-order valence-electron chi connectivity index (χ2n) is 4.00. The van der Waals surface area contributed by atoms with Crippen molar-refractivity contribution >= 4 is 11.8 Å². The fourth-order valence-electron chi connectivity index (χ4n) is 1.64. The Hall–Kier alpha value is -1.79. The fourth-order valence-corrected chi connectivity index (χ4v) is 2.63. The number of benzene rings is 2. The second kappa shape index (κ2) is 5.70. The van der Waals surface area contributed by atoms with Crippen molar-refractivity contribution in [3.63, 3.8) is 0 Å². The van der Waals surface area contributed by atoms with Gasteiger partial charge < -0.3 is 0 Å². The first-order valence-corrected chi connectivity index (χ1v) is 6.56. The lowest BCUT2D eigenvalue weighted by Gasteiger charge is -2.05. The standard InChI is InChI=1S/C15H12FNS/c1-11-4-2-7-14(8-11)18-10-13-6-3-5-12(9-17)15(13)16/h2-8H,10H2,1H3. The smallest absolute Gasteiger partial charge is 0.144 e. The van der Waals surface area contributed by atoms with E-state index in [1.165, 1.54) is 11.6 Å². The molecule has 0 aromatic heterocycles. The van der Waals surface area contributed by atoms with Gasteiger partial charge in [-0.1, -0.05) is 29.8 Å². The number of hydrogen-bond donors (Lipinski definition) is 0. The average molecular weight is 257 g/mol. The van der Waals surface area contributed by atoms with Crippen molar-refractivity contribution in [1.29, 1.82) is 5.26 Å². The molecule has 90 valence electrons. The first-order chi connectivity index (χ1) is 8.70. The van der Waals surface area contributed by atoms with Crippen LogP contribution in [0.5, 0.6) is 0 Å². The lowest BCUT2D eigenvalue weighted by atomic mass is 10.1. The van der Waals surface area contributed by atoms with Crippen molar-refractivity contribution in [1.82, 2.24) is 0 Å². The number of halogens is 1. The summed E-state index contributed by atoms with van der Waals surface area (Å²) in [4.78, 5) is 1.11. The molecule has 0 saturated heterocycles. The molecule has 0 aliphatic heterocycles. The molecule has 2 rings (SSSR count). The molecule has 0 bridgehead atoms. The highest BCUT2D eigenvalue weighted by Crippen LogP contribution is 2.25. The van der Waals surface area contributed by atoms with Crippen molar-refractivity contribution in [2.45, 2.75) is 17.6 Å². The zero-order valence-corrected chi connectivity index (χ0v) is 10.8. The Kier molecular flexibility index (Phi) is 4.01. The lowest BCUT2D eigenvalue weighted by Crippen LogP contribution is -1.91. The summed E-state index contributed by atoms with van der Waals surface area (Å²) in [5, 5.41) is 8.77. The zero-order chi connectivity index (χ0) is 13.0. The fraction of sp³-hybridized carbons (Fsp3) is 0.133. The van der Waals surface area contributed by atoms with Gasteiger partial charge in [0.2, 0.25) is 0 Å². The number of rotatable bonds is 3. The van der Waals surface area contributed by atoms with Gasteiger partial charge in [0, 0.05) is 10.6 Å². The summed E-state index contributed by atoms with van der Waals surface area (Å²) >= 11 is 1.57. The molecular formula is C15H12FNS. The van der Waals surface area contributed by atoms with Crippen LogP contribution in [0.4, 0.5) is 4.39 Å². The molecule has 0 heterocycles. The Balaban J connectivity index is 2.14. The number of nitrogens with zero attached hydrogens (tertiary/aromatic N) is 1. The highest BCUT2D eigenvalue weighted by atomic mass is 32.2. The van der Waals surface area contributed by atoms with E-state index in [9.17, 15) is 4.39 Å². The second-order valence-corrected chi connectivity index (χ2v) is 5.04. The van der Waals surface area contributed by atoms with E-state index in [1.54, 1.807) is 23.9 Å². The van der Waals surface area contributed by atoms with Crippen molar-refractivity contribution in [3.8, 4) is 6.07 Å². The van der Waals surface area contributed by atoms with E-state index in [4.69, 9.17) is 5.26 Å². The monoisotopic (exact) mass is 257 g/mol. The maximum absolute atomic E-state index is 13.8. The normalized spacial score (nSPS) is 10.1. The number of aryl methyl sites for hydroxylation is 1. The Bertz CT molecular complexity index is 602. The van der Waals surface area contributed by atoms with Crippen LogP contribution in [-0.2, 0) is 5.75 Å². The van der Waals surface area contributed by atoms with Gasteiger partial charge in [-0.05, 0) is 30.7 Å². The molecule has 18 heavy (non-hydrogen) atoms. The van der Waals surface area contributed by atoms with Crippen LogP contribution in [0.15, 0.2) is 47.4 Å². The van der Waals surface area contributed by atoms with Crippen LogP contribution in [0.3, 0.4) is 0 Å². The van der Waals surface area contributed by atoms with Gasteiger partial charge in [0.05, 0.1) is 5.56 Å². The molecule has 0 fully saturated rings. The topological polar surface area (TPSA) is 23.8 Å². The maximum Gasteiger partial charge on any atom is 0.144 e. The Morgan fingerprint density at radius 1 is 1.22 bits per heavy atom. The Labute approximate surface area is 110 Å². The third-order valence-electron chi connectivity index (χ3n) is 2.58. The summed E-state index contributed by atoms with van der Waals surface area (Å²) in [5.41, 5.74) is 1.86. The van der Waals surface area contributed by atoms with Crippen LogP contribution in [-0.4, -0.2) is 0 Å². The predicted octanol–water partition coefficient (Wildman–Crippen LogP) is 4.30. The predicted molar refractivity (Wildman–Crippen MR) is 71.9 cm³/mol. The third-order valence-corrected chi connectivity index (χ3v) is 3.63. The summed E-state index contributed by atoms with van der Waals surface area (Å²) in [7, 11) is 0. The number of hydrogen-bond acceptors (Lipinski definition) is 2. The van der Waals surface area contributed by atoms with E-state index < -0.39 is 5.82 Å². The van der Waals surface area contributed by atoms with E-state index in [2.05, 4.69) is 6.07 Å². The first-order valence-electron chi connectivity index (χ1n) is 5.57. The van der Waals surface area contributed by atoms with Gasteiger partial charge in [0.15, 0.2) is 0 Å². The highest BCUT2D eigenvalue weighted by molar-refractivity contribution is 7.98. The molecule has 0 amide bonds. The molecule has 2 aromatic rings. The number of thioether (sulfide) groups is 1. The van der Waals surface area contributed by atoms with Crippen LogP contribution >= 0.6 is 11.8 Å². The van der Waals surface area contributed by atoms with Crippen molar-refractivity contribution in [2.24, 2.45) is 0 Å². The third kappa shape index (κ3) is 2.91. The van der Waals surface area contributed by atoms with Gasteiger partial charge in [0.25, 0.3) is 0 Å². The molecule has 0 aliphatic rings. The van der Waals surface area contributed by atoms with Crippen molar-refractivity contribution in [3.05, 3.63) is 65.0 Å². The van der Waals surface area contributed by atoms with Gasteiger partial charge in [-0.2, -0.15) is 5.26 Å². The van der Waals surface area contributed by atoms with Crippen LogP contribution in [0.25, 0.3) is 0 Å². The Morgan fingerprint density at radius 2 is 2.00 bits per heavy atom. The number of nitriles is 1. The minimum absolute atomic E-state index is 0.109. The molecule has 0 N–H and O–H groups in total. The van der Waals surface area contributed by atoms with Crippen LogP contribution in [0.1, 0.15) is 16.7 Å². The summed E-state index contributed by atoms with van der Waals surface area (Å²) in [6, 6.07) is 14.9. The van der Waals surface area contributed by atoms with Crippen molar-refractivity contribution in [2.75, 3.05) is 0 Å². The van der Waals surface area contributed by atoms with Gasteiger partial charge in [-0.15, -0.1) is 11.8 Å². The first kappa shape index (κ1) is 12.7. The van der Waals surface area contributed by atoms with Crippen LogP contribution < -0.4 is 0 Å². The molecule has 0 saturated carbocycles. The zero-order valence-electron chi connectivity index (χ0n) is 9.98. The summed E-state index contributed by atoms with van der Waals surface area (Å²) in [6.45, 7) is 2.03. The van der Waals surface area contributed by atoms with Gasteiger partial charge in [0.1, 0.15) is 11.9 Å². The summed E-state index contributed by atoms with van der Waals surface area (Å²) in [5.74, 6) is 0.130. The SMILES string of the molecule is Cc1cccc(SCc2cccc(C#N)c2F)c1. The lowest BCUT2D eigenvalue weighted by molar-refractivity contribution is 0.613. The molecule has 0 spiro atoms. The van der Waals surface area contributed by atoms with Gasteiger partial charge >= 0.3 is 0 Å². The molecule has 0 radical (unpaired) electrons. The van der Waals surface area contributed by atoms with E-state index in [-0.39, 0.29) is 5.56 Å².